The lowest BCUT2D eigenvalue weighted by atomic mass is 10.1. The highest BCUT2D eigenvalue weighted by Gasteiger charge is 2.26. The van der Waals surface area contributed by atoms with Gasteiger partial charge >= 0.3 is 0 Å². The summed E-state index contributed by atoms with van der Waals surface area (Å²) in [5, 5.41) is 2.95. The van der Waals surface area contributed by atoms with Crippen molar-refractivity contribution < 1.29 is 13.2 Å². The van der Waals surface area contributed by atoms with Gasteiger partial charge in [-0.25, -0.2) is 8.42 Å². The molecule has 4 nitrogen and oxygen atoms in total. The zero-order valence-corrected chi connectivity index (χ0v) is 11.9. The molecule has 0 radical (unpaired) electrons. The van der Waals surface area contributed by atoms with Gasteiger partial charge in [-0.3, -0.25) is 4.79 Å². The van der Waals surface area contributed by atoms with Crippen LogP contribution >= 0.6 is 22.3 Å². The number of hydrogen-bond acceptors (Lipinski definition) is 3. The zero-order valence-electron chi connectivity index (χ0n) is 9.54. The molecule has 0 saturated heterocycles. The third-order valence-electron chi connectivity index (χ3n) is 2.74. The lowest BCUT2D eigenvalue weighted by Gasteiger charge is -2.10. The Labute approximate surface area is 115 Å². The number of rotatable bonds is 3. The first kappa shape index (κ1) is 13.6. The van der Waals surface area contributed by atoms with E-state index in [0.29, 0.717) is 5.56 Å². The molecule has 1 saturated carbocycles. The molecule has 1 aromatic rings. The summed E-state index contributed by atoms with van der Waals surface area (Å²) in [6, 6.07) is 2.87. The summed E-state index contributed by atoms with van der Waals surface area (Å²) in [6.45, 7) is 1.54. The summed E-state index contributed by atoms with van der Waals surface area (Å²) in [5.74, 6) is -0.320. The van der Waals surface area contributed by atoms with Gasteiger partial charge in [0.15, 0.2) is 0 Å². The molecule has 0 aromatic heterocycles. The predicted octanol–water partition coefficient (Wildman–Crippen LogP) is 2.47. The van der Waals surface area contributed by atoms with Crippen molar-refractivity contribution in [3.8, 4) is 0 Å². The van der Waals surface area contributed by atoms with Crippen molar-refractivity contribution in [2.45, 2.75) is 30.7 Å². The Morgan fingerprint density at radius 1 is 1.39 bits per heavy atom. The van der Waals surface area contributed by atoms with Crippen molar-refractivity contribution in [2.75, 3.05) is 0 Å². The second-order valence-electron chi connectivity index (χ2n) is 4.26. The Hall–Kier alpha value is -0.780. The monoisotopic (exact) mass is 307 g/mol. The fourth-order valence-electron chi connectivity index (χ4n) is 1.63. The fraction of sp³-hybridized carbons (Fsp3) is 0.364. The van der Waals surface area contributed by atoms with Gasteiger partial charge in [-0.2, -0.15) is 0 Å². The molecule has 0 atom stereocenters. The standard InChI is InChI=1S/C11H11Cl2NO3S/c1-6-9(11(15)14-8-2-3-8)4-7(12)5-10(6)18(13,16)17/h4-5,8H,2-3H2,1H3,(H,14,15). The molecule has 0 bridgehead atoms. The Bertz CT molecular complexity index is 609. The third kappa shape index (κ3) is 2.96. The molecule has 1 aliphatic carbocycles. The molecule has 0 unspecified atom stereocenters. The number of carbonyl (C=O) groups is 1. The van der Waals surface area contributed by atoms with E-state index in [1.165, 1.54) is 19.1 Å². The first-order chi connectivity index (χ1) is 8.29. The van der Waals surface area contributed by atoms with Crippen LogP contribution in [0.3, 0.4) is 0 Å². The normalized spacial score (nSPS) is 15.5. The smallest absolute Gasteiger partial charge is 0.261 e. The minimum Gasteiger partial charge on any atom is -0.349 e. The van der Waals surface area contributed by atoms with Crippen LogP contribution in [0.15, 0.2) is 17.0 Å². The van der Waals surface area contributed by atoms with Gasteiger partial charge in [0.1, 0.15) is 0 Å². The molecule has 0 aliphatic heterocycles. The highest BCUT2D eigenvalue weighted by atomic mass is 35.7. The molecule has 1 aliphatic rings. The Morgan fingerprint density at radius 3 is 2.50 bits per heavy atom. The maximum Gasteiger partial charge on any atom is 0.261 e. The van der Waals surface area contributed by atoms with E-state index < -0.39 is 9.05 Å². The average molecular weight is 308 g/mol. The SMILES string of the molecule is Cc1c(C(=O)NC2CC2)cc(Cl)cc1S(=O)(=O)Cl. The lowest BCUT2D eigenvalue weighted by molar-refractivity contribution is 0.0950. The van der Waals surface area contributed by atoms with Gasteiger partial charge in [-0.15, -0.1) is 0 Å². The zero-order chi connectivity index (χ0) is 13.5. The fourth-order valence-corrected chi connectivity index (χ4v) is 3.14. The van der Waals surface area contributed by atoms with Gasteiger partial charge in [0.05, 0.1) is 4.90 Å². The molecular formula is C11H11Cl2NO3S. The molecule has 2 rings (SSSR count). The molecule has 0 spiro atoms. The van der Waals surface area contributed by atoms with E-state index >= 15 is 0 Å². The first-order valence-corrected chi connectivity index (χ1v) is 8.03. The van der Waals surface area contributed by atoms with Gasteiger partial charge in [-0.1, -0.05) is 11.6 Å². The maximum atomic E-state index is 11.9. The van der Waals surface area contributed by atoms with Crippen molar-refractivity contribution in [2.24, 2.45) is 0 Å². The van der Waals surface area contributed by atoms with E-state index in [4.69, 9.17) is 22.3 Å². The highest BCUT2D eigenvalue weighted by molar-refractivity contribution is 8.13. The quantitative estimate of drug-likeness (QED) is 0.873. The van der Waals surface area contributed by atoms with Crippen LogP contribution in [-0.2, 0) is 9.05 Å². The van der Waals surface area contributed by atoms with E-state index in [1.54, 1.807) is 0 Å². The summed E-state index contributed by atoms with van der Waals surface area (Å²) in [5.41, 5.74) is 0.557. The van der Waals surface area contributed by atoms with Crippen molar-refractivity contribution in [1.82, 2.24) is 5.32 Å². The predicted molar refractivity (Wildman–Crippen MR) is 69.7 cm³/mol. The summed E-state index contributed by atoms with van der Waals surface area (Å²) in [7, 11) is 1.40. The Balaban J connectivity index is 2.47. The van der Waals surface area contributed by atoms with Crippen molar-refractivity contribution in [1.29, 1.82) is 0 Å². The van der Waals surface area contributed by atoms with Crippen LogP contribution in [0.5, 0.6) is 0 Å². The van der Waals surface area contributed by atoms with Gasteiger partial charge in [0.2, 0.25) is 0 Å². The summed E-state index contributed by atoms with van der Waals surface area (Å²) in [4.78, 5) is 11.8. The van der Waals surface area contributed by atoms with Crippen LogP contribution in [0.2, 0.25) is 5.02 Å². The summed E-state index contributed by atoms with van der Waals surface area (Å²) in [6.07, 6.45) is 1.90. The van der Waals surface area contributed by atoms with Gasteiger partial charge in [0, 0.05) is 27.3 Å². The second-order valence-corrected chi connectivity index (χ2v) is 7.23. The number of amides is 1. The van der Waals surface area contributed by atoms with Crippen LogP contribution < -0.4 is 5.32 Å². The van der Waals surface area contributed by atoms with E-state index in [2.05, 4.69) is 5.32 Å². The molecule has 1 N–H and O–H groups in total. The summed E-state index contributed by atoms with van der Waals surface area (Å²) < 4.78 is 22.8. The Morgan fingerprint density at radius 2 is 2.00 bits per heavy atom. The van der Waals surface area contributed by atoms with E-state index in [0.717, 1.165) is 12.8 Å². The molecule has 1 amide bonds. The van der Waals surface area contributed by atoms with E-state index in [9.17, 15) is 13.2 Å². The van der Waals surface area contributed by atoms with Gasteiger partial charge < -0.3 is 5.32 Å². The van der Waals surface area contributed by atoms with Crippen LogP contribution in [0, 0.1) is 6.92 Å². The lowest BCUT2D eigenvalue weighted by Crippen LogP contribution is -2.26. The largest absolute Gasteiger partial charge is 0.349 e. The second kappa shape index (κ2) is 4.72. The number of carbonyl (C=O) groups excluding carboxylic acids is 1. The van der Waals surface area contributed by atoms with Crippen molar-refractivity contribution in [3.05, 3.63) is 28.3 Å². The molecular weight excluding hydrogens is 297 g/mol. The summed E-state index contributed by atoms with van der Waals surface area (Å²) >= 11 is 5.82. The van der Waals surface area contributed by atoms with E-state index in [1.807, 2.05) is 0 Å². The molecule has 1 aromatic carbocycles. The van der Waals surface area contributed by atoms with Crippen molar-refractivity contribution in [3.63, 3.8) is 0 Å². The van der Waals surface area contributed by atoms with Crippen LogP contribution in [-0.4, -0.2) is 20.4 Å². The topological polar surface area (TPSA) is 63.2 Å². The van der Waals surface area contributed by atoms with Crippen LogP contribution in [0.4, 0.5) is 0 Å². The number of halogens is 2. The highest BCUT2D eigenvalue weighted by Crippen LogP contribution is 2.28. The first-order valence-electron chi connectivity index (χ1n) is 5.34. The van der Waals surface area contributed by atoms with E-state index in [-0.39, 0.29) is 27.4 Å². The number of benzene rings is 1. The molecule has 0 heterocycles. The van der Waals surface area contributed by atoms with Gasteiger partial charge in [-0.05, 0) is 37.5 Å². The minimum atomic E-state index is -3.92. The maximum absolute atomic E-state index is 11.9. The average Bonchev–Trinajstić information content (AvgIpc) is 3.03. The Kier molecular flexibility index (Phi) is 3.58. The molecule has 1 fully saturated rings. The van der Waals surface area contributed by atoms with Crippen LogP contribution in [0.1, 0.15) is 28.8 Å². The molecule has 18 heavy (non-hydrogen) atoms. The number of hydrogen-bond donors (Lipinski definition) is 1. The molecule has 7 heteroatoms. The van der Waals surface area contributed by atoms with Crippen LogP contribution in [0.25, 0.3) is 0 Å². The number of nitrogens with one attached hydrogen (secondary N) is 1. The van der Waals surface area contributed by atoms with Crippen molar-refractivity contribution >= 4 is 37.2 Å². The minimum absolute atomic E-state index is 0.127. The van der Waals surface area contributed by atoms with Gasteiger partial charge in [0.25, 0.3) is 15.0 Å². The molecule has 98 valence electrons. The third-order valence-corrected chi connectivity index (χ3v) is 4.41.